The zero-order chi connectivity index (χ0) is 10.7. The van der Waals surface area contributed by atoms with E-state index >= 15 is 0 Å². The molecule has 80 valence electrons. The highest BCUT2D eigenvalue weighted by atomic mass is 16.5. The fourth-order valence-corrected chi connectivity index (χ4v) is 1.98. The van der Waals surface area contributed by atoms with Crippen molar-refractivity contribution in [3.05, 3.63) is 0 Å². The van der Waals surface area contributed by atoms with Crippen LogP contribution in [0.5, 0.6) is 0 Å². The van der Waals surface area contributed by atoms with Gasteiger partial charge in [0.1, 0.15) is 0 Å². The van der Waals surface area contributed by atoms with Crippen molar-refractivity contribution in [2.75, 3.05) is 0 Å². The highest BCUT2D eigenvalue weighted by molar-refractivity contribution is 4.91. The van der Waals surface area contributed by atoms with Gasteiger partial charge in [-0.05, 0) is 47.0 Å². The molecule has 1 aliphatic heterocycles. The van der Waals surface area contributed by atoms with E-state index in [-0.39, 0.29) is 11.1 Å². The molecule has 13 heavy (non-hydrogen) atoms. The first-order chi connectivity index (χ1) is 5.86. The molecule has 0 aliphatic carbocycles. The molecular formula is C11H25NO. The van der Waals surface area contributed by atoms with Crippen LogP contribution >= 0.6 is 0 Å². The van der Waals surface area contributed by atoms with E-state index in [1.807, 2.05) is 13.8 Å². The quantitative estimate of drug-likeness (QED) is 0.628. The Bertz CT molecular complexity index is 136. The first-order valence-electron chi connectivity index (χ1n) is 5.35. The molecule has 0 amide bonds. The van der Waals surface area contributed by atoms with Gasteiger partial charge in [-0.2, -0.15) is 5.06 Å². The Morgan fingerprint density at radius 1 is 0.923 bits per heavy atom. The lowest BCUT2D eigenvalue weighted by molar-refractivity contribution is -0.241. The predicted octanol–water partition coefficient (Wildman–Crippen LogP) is 3.44. The van der Waals surface area contributed by atoms with Crippen molar-refractivity contribution >= 4 is 0 Å². The van der Waals surface area contributed by atoms with Crippen molar-refractivity contribution in [1.29, 1.82) is 0 Å². The molecular weight excluding hydrogens is 162 g/mol. The molecule has 0 saturated carbocycles. The molecule has 0 radical (unpaired) electrons. The molecule has 2 nitrogen and oxygen atoms in total. The lowest BCUT2D eigenvalue weighted by Gasteiger charge is -2.48. The lowest BCUT2D eigenvalue weighted by Crippen LogP contribution is -2.56. The average Bonchev–Trinajstić information content (AvgIpc) is 2.04. The first-order valence-corrected chi connectivity index (χ1v) is 5.35. The van der Waals surface area contributed by atoms with E-state index in [1.54, 1.807) is 0 Å². The average molecular weight is 187 g/mol. The Balaban J connectivity index is 0.000000671. The minimum Gasteiger partial charge on any atom is -0.313 e. The standard InChI is InChI=1S/C9H19NO.C2H6/c1-8(2)6-5-7-9(3,4)10(8)11;1-2/h11H,5-7H2,1-4H3;1-2H3. The molecule has 0 spiro atoms. The molecule has 1 saturated heterocycles. The zero-order valence-corrected chi connectivity index (χ0v) is 10.0. The van der Waals surface area contributed by atoms with Gasteiger partial charge in [-0.25, -0.2) is 0 Å². The summed E-state index contributed by atoms with van der Waals surface area (Å²) >= 11 is 0. The summed E-state index contributed by atoms with van der Waals surface area (Å²) in [5.74, 6) is 0. The van der Waals surface area contributed by atoms with Crippen LogP contribution in [0.3, 0.4) is 0 Å². The van der Waals surface area contributed by atoms with Gasteiger partial charge in [0.05, 0.1) is 0 Å². The maximum atomic E-state index is 9.80. The summed E-state index contributed by atoms with van der Waals surface area (Å²) in [5, 5.41) is 11.3. The molecule has 0 unspecified atom stereocenters. The number of rotatable bonds is 0. The minimum atomic E-state index is -0.0399. The van der Waals surface area contributed by atoms with Gasteiger partial charge in [0.25, 0.3) is 0 Å². The molecule has 0 aromatic heterocycles. The first kappa shape index (κ1) is 12.9. The molecule has 0 atom stereocenters. The Morgan fingerprint density at radius 2 is 1.23 bits per heavy atom. The molecule has 0 aromatic rings. The van der Waals surface area contributed by atoms with Crippen molar-refractivity contribution in [2.45, 2.75) is 71.9 Å². The smallest absolute Gasteiger partial charge is 0.0410 e. The highest BCUT2D eigenvalue weighted by Gasteiger charge is 2.40. The molecule has 0 aromatic carbocycles. The van der Waals surface area contributed by atoms with Crippen LogP contribution in [0.25, 0.3) is 0 Å². The van der Waals surface area contributed by atoms with Crippen molar-refractivity contribution in [3.8, 4) is 0 Å². The van der Waals surface area contributed by atoms with Crippen molar-refractivity contribution in [2.24, 2.45) is 0 Å². The molecule has 1 N–H and O–H groups in total. The van der Waals surface area contributed by atoms with Gasteiger partial charge in [-0.3, -0.25) is 0 Å². The van der Waals surface area contributed by atoms with E-state index in [4.69, 9.17) is 0 Å². The Labute approximate surface area is 82.9 Å². The van der Waals surface area contributed by atoms with E-state index in [1.165, 1.54) is 11.5 Å². The summed E-state index contributed by atoms with van der Waals surface area (Å²) in [4.78, 5) is 0. The van der Waals surface area contributed by atoms with Gasteiger partial charge in [0.2, 0.25) is 0 Å². The van der Waals surface area contributed by atoms with Crippen molar-refractivity contribution in [3.63, 3.8) is 0 Å². The number of hydrogen-bond donors (Lipinski definition) is 1. The Hall–Kier alpha value is -0.0800. The van der Waals surface area contributed by atoms with Gasteiger partial charge >= 0.3 is 0 Å². The normalized spacial score (nSPS) is 26.1. The minimum absolute atomic E-state index is 0.0399. The fourth-order valence-electron chi connectivity index (χ4n) is 1.98. The lowest BCUT2D eigenvalue weighted by atomic mass is 9.82. The van der Waals surface area contributed by atoms with Crippen molar-refractivity contribution in [1.82, 2.24) is 5.06 Å². The summed E-state index contributed by atoms with van der Waals surface area (Å²) in [7, 11) is 0. The highest BCUT2D eigenvalue weighted by Crippen LogP contribution is 2.35. The van der Waals surface area contributed by atoms with Gasteiger partial charge < -0.3 is 5.21 Å². The Morgan fingerprint density at radius 3 is 1.46 bits per heavy atom. The molecule has 1 rings (SSSR count). The van der Waals surface area contributed by atoms with Crippen LogP contribution < -0.4 is 0 Å². The van der Waals surface area contributed by atoms with Gasteiger partial charge in [0.15, 0.2) is 0 Å². The number of nitrogens with zero attached hydrogens (tertiary/aromatic N) is 1. The topological polar surface area (TPSA) is 23.5 Å². The molecule has 2 heteroatoms. The number of hydroxylamine groups is 2. The second kappa shape index (κ2) is 4.43. The van der Waals surface area contributed by atoms with E-state index in [0.29, 0.717) is 0 Å². The van der Waals surface area contributed by atoms with Crippen LogP contribution in [0.2, 0.25) is 0 Å². The molecule has 1 aliphatic rings. The molecule has 1 fully saturated rings. The van der Waals surface area contributed by atoms with E-state index < -0.39 is 0 Å². The van der Waals surface area contributed by atoms with Gasteiger partial charge in [-0.15, -0.1) is 0 Å². The van der Waals surface area contributed by atoms with Gasteiger partial charge in [-0.1, -0.05) is 13.8 Å². The summed E-state index contributed by atoms with van der Waals surface area (Å²) in [6.45, 7) is 12.4. The summed E-state index contributed by atoms with van der Waals surface area (Å²) in [6, 6.07) is 0. The second-order valence-electron chi connectivity index (χ2n) is 4.79. The van der Waals surface area contributed by atoms with Crippen LogP contribution in [-0.4, -0.2) is 21.3 Å². The third-order valence-corrected chi connectivity index (χ3v) is 2.72. The number of piperidine rings is 1. The maximum Gasteiger partial charge on any atom is 0.0410 e. The third-order valence-electron chi connectivity index (χ3n) is 2.72. The summed E-state index contributed by atoms with van der Waals surface area (Å²) in [5.41, 5.74) is -0.0799. The van der Waals surface area contributed by atoms with Crippen molar-refractivity contribution < 1.29 is 5.21 Å². The van der Waals surface area contributed by atoms with Crippen LogP contribution in [-0.2, 0) is 0 Å². The van der Waals surface area contributed by atoms with E-state index in [2.05, 4.69) is 27.7 Å². The zero-order valence-electron chi connectivity index (χ0n) is 10.0. The summed E-state index contributed by atoms with van der Waals surface area (Å²) < 4.78 is 0. The maximum absolute atomic E-state index is 9.80. The monoisotopic (exact) mass is 187 g/mol. The van der Waals surface area contributed by atoms with Crippen LogP contribution in [0.15, 0.2) is 0 Å². The van der Waals surface area contributed by atoms with Gasteiger partial charge in [0, 0.05) is 11.1 Å². The predicted molar refractivity (Wildman–Crippen MR) is 57.0 cm³/mol. The number of hydrogen-bond acceptors (Lipinski definition) is 2. The van der Waals surface area contributed by atoms with E-state index in [0.717, 1.165) is 12.8 Å². The van der Waals surface area contributed by atoms with Crippen LogP contribution in [0, 0.1) is 0 Å². The van der Waals surface area contributed by atoms with E-state index in [9.17, 15) is 5.21 Å². The van der Waals surface area contributed by atoms with Crippen LogP contribution in [0.4, 0.5) is 0 Å². The second-order valence-corrected chi connectivity index (χ2v) is 4.79. The fraction of sp³-hybridized carbons (Fsp3) is 1.00. The summed E-state index contributed by atoms with van der Waals surface area (Å²) in [6.07, 6.45) is 3.40. The molecule has 0 bridgehead atoms. The Kier molecular flexibility index (Phi) is 4.40. The SMILES string of the molecule is CC.CC1(C)CCCC(C)(C)N1O. The molecule has 1 heterocycles. The largest absolute Gasteiger partial charge is 0.313 e. The van der Waals surface area contributed by atoms with Crippen LogP contribution in [0.1, 0.15) is 60.8 Å². The third kappa shape index (κ3) is 2.96.